The lowest BCUT2D eigenvalue weighted by Crippen LogP contribution is -2.15. The minimum absolute atomic E-state index is 0.0717. The first kappa shape index (κ1) is 14.7. The Balaban J connectivity index is 2.44. The van der Waals surface area contributed by atoms with E-state index in [1.165, 1.54) is 18.2 Å². The fraction of sp³-hybridized carbons (Fsp3) is 0. The van der Waals surface area contributed by atoms with Crippen molar-refractivity contribution in [3.63, 3.8) is 0 Å². The standard InChI is InChI=1S/C12H10FN3O4S/c13-8-1-4-10(5-2-8)15-21(19,20)12-6-3-9(14)7-11(12)16(17)18/h1-7,15H,14H2. The number of nitrogen functional groups attached to an aromatic ring is 1. The molecule has 21 heavy (non-hydrogen) atoms. The van der Waals surface area contributed by atoms with Crippen molar-refractivity contribution >= 4 is 27.1 Å². The van der Waals surface area contributed by atoms with Crippen LogP contribution in [0.5, 0.6) is 0 Å². The van der Waals surface area contributed by atoms with Gasteiger partial charge in [-0.2, -0.15) is 0 Å². The van der Waals surface area contributed by atoms with Crippen molar-refractivity contribution < 1.29 is 17.7 Å². The van der Waals surface area contributed by atoms with E-state index in [2.05, 4.69) is 4.72 Å². The van der Waals surface area contributed by atoms with Crippen molar-refractivity contribution in [3.05, 3.63) is 58.4 Å². The first-order valence-corrected chi connectivity index (χ1v) is 7.10. The zero-order valence-corrected chi connectivity index (χ0v) is 11.3. The lowest BCUT2D eigenvalue weighted by Gasteiger charge is -2.08. The first-order valence-electron chi connectivity index (χ1n) is 5.62. The van der Waals surface area contributed by atoms with Crippen LogP contribution in [0.25, 0.3) is 0 Å². The molecule has 2 aromatic rings. The molecule has 0 atom stereocenters. The van der Waals surface area contributed by atoms with E-state index in [9.17, 15) is 22.9 Å². The summed E-state index contributed by atoms with van der Waals surface area (Å²) in [7, 11) is -4.19. The molecule has 0 saturated heterocycles. The molecule has 7 nitrogen and oxygen atoms in total. The van der Waals surface area contributed by atoms with Gasteiger partial charge in [-0.3, -0.25) is 14.8 Å². The van der Waals surface area contributed by atoms with Crippen molar-refractivity contribution in [3.8, 4) is 0 Å². The number of halogens is 1. The van der Waals surface area contributed by atoms with E-state index in [4.69, 9.17) is 5.73 Å². The molecule has 2 aromatic carbocycles. The molecule has 0 aliphatic heterocycles. The van der Waals surface area contributed by atoms with Crippen LogP contribution in [0.1, 0.15) is 0 Å². The van der Waals surface area contributed by atoms with Gasteiger partial charge in [-0.1, -0.05) is 0 Å². The van der Waals surface area contributed by atoms with Gasteiger partial charge < -0.3 is 5.73 Å². The summed E-state index contributed by atoms with van der Waals surface area (Å²) in [5.41, 5.74) is 4.94. The Hall–Kier alpha value is -2.68. The van der Waals surface area contributed by atoms with Gasteiger partial charge in [0.2, 0.25) is 0 Å². The number of hydrogen-bond donors (Lipinski definition) is 2. The first-order chi connectivity index (χ1) is 9.79. The van der Waals surface area contributed by atoms with Gasteiger partial charge in [0.05, 0.1) is 4.92 Å². The quantitative estimate of drug-likeness (QED) is 0.510. The number of nitro groups is 1. The molecule has 2 rings (SSSR count). The Morgan fingerprint density at radius 2 is 1.76 bits per heavy atom. The molecule has 0 radical (unpaired) electrons. The van der Waals surface area contributed by atoms with Gasteiger partial charge in [0.25, 0.3) is 15.7 Å². The number of sulfonamides is 1. The third kappa shape index (κ3) is 3.26. The summed E-state index contributed by atoms with van der Waals surface area (Å²) in [5.74, 6) is -0.531. The summed E-state index contributed by atoms with van der Waals surface area (Å²) in [4.78, 5) is 9.57. The summed E-state index contributed by atoms with van der Waals surface area (Å²) in [6.07, 6.45) is 0. The fourth-order valence-corrected chi connectivity index (χ4v) is 2.84. The summed E-state index contributed by atoms with van der Waals surface area (Å²) in [6.45, 7) is 0. The highest BCUT2D eigenvalue weighted by molar-refractivity contribution is 7.92. The normalized spacial score (nSPS) is 11.1. The Labute approximate surface area is 119 Å². The van der Waals surface area contributed by atoms with Gasteiger partial charge in [-0.25, -0.2) is 12.8 Å². The molecule has 9 heteroatoms. The monoisotopic (exact) mass is 311 g/mol. The zero-order valence-electron chi connectivity index (χ0n) is 10.5. The average molecular weight is 311 g/mol. The fourth-order valence-electron chi connectivity index (χ4n) is 1.63. The van der Waals surface area contributed by atoms with Gasteiger partial charge in [-0.15, -0.1) is 0 Å². The van der Waals surface area contributed by atoms with Crippen LogP contribution in [-0.4, -0.2) is 13.3 Å². The van der Waals surface area contributed by atoms with Crippen molar-refractivity contribution in [2.75, 3.05) is 10.5 Å². The van der Waals surface area contributed by atoms with Gasteiger partial charge in [0.15, 0.2) is 4.90 Å². The molecule has 0 unspecified atom stereocenters. The molecule has 3 N–H and O–H groups in total. The molecule has 0 aliphatic rings. The van der Waals surface area contributed by atoms with E-state index in [0.717, 1.165) is 24.3 Å². The molecular formula is C12H10FN3O4S. The number of nitrogens with one attached hydrogen (secondary N) is 1. The van der Waals surface area contributed by atoms with Crippen molar-refractivity contribution in [1.29, 1.82) is 0 Å². The number of hydrogen-bond acceptors (Lipinski definition) is 5. The number of rotatable bonds is 4. The second-order valence-corrected chi connectivity index (χ2v) is 5.75. The van der Waals surface area contributed by atoms with Crippen molar-refractivity contribution in [2.24, 2.45) is 0 Å². The Kier molecular flexibility index (Phi) is 3.76. The number of benzene rings is 2. The summed E-state index contributed by atoms with van der Waals surface area (Å²) in [6, 6.07) is 7.78. The van der Waals surface area contributed by atoms with E-state index in [0.29, 0.717) is 0 Å². The van der Waals surface area contributed by atoms with Gasteiger partial charge in [0.1, 0.15) is 5.82 Å². The van der Waals surface area contributed by atoms with Gasteiger partial charge >= 0.3 is 0 Å². The van der Waals surface area contributed by atoms with Crippen LogP contribution in [-0.2, 0) is 10.0 Å². The summed E-state index contributed by atoms with van der Waals surface area (Å²) in [5, 5.41) is 10.9. The second kappa shape index (κ2) is 5.37. The molecule has 110 valence electrons. The van der Waals surface area contributed by atoms with Crippen LogP contribution in [0.4, 0.5) is 21.5 Å². The molecule has 0 bridgehead atoms. The molecule has 0 spiro atoms. The SMILES string of the molecule is Nc1ccc(S(=O)(=O)Nc2ccc(F)cc2)c([N+](=O)[O-])c1. The van der Waals surface area contributed by atoms with Crippen LogP contribution in [0.15, 0.2) is 47.4 Å². The highest BCUT2D eigenvalue weighted by atomic mass is 32.2. The van der Waals surface area contributed by atoms with Crippen LogP contribution in [0.3, 0.4) is 0 Å². The minimum Gasteiger partial charge on any atom is -0.399 e. The van der Waals surface area contributed by atoms with Gasteiger partial charge in [-0.05, 0) is 36.4 Å². The highest BCUT2D eigenvalue weighted by Gasteiger charge is 2.26. The molecule has 0 heterocycles. The number of nitrogens with zero attached hydrogens (tertiary/aromatic N) is 1. The van der Waals surface area contributed by atoms with E-state index >= 15 is 0 Å². The second-order valence-electron chi connectivity index (χ2n) is 4.10. The molecule has 0 aliphatic carbocycles. The topological polar surface area (TPSA) is 115 Å². The van der Waals surface area contributed by atoms with Crippen molar-refractivity contribution in [1.82, 2.24) is 0 Å². The molecular weight excluding hydrogens is 301 g/mol. The van der Waals surface area contributed by atoms with Crippen LogP contribution in [0.2, 0.25) is 0 Å². The maximum absolute atomic E-state index is 12.8. The van der Waals surface area contributed by atoms with Crippen LogP contribution >= 0.6 is 0 Å². The minimum atomic E-state index is -4.19. The lowest BCUT2D eigenvalue weighted by atomic mass is 10.3. The predicted molar refractivity (Wildman–Crippen MR) is 74.7 cm³/mol. The van der Waals surface area contributed by atoms with Crippen molar-refractivity contribution in [2.45, 2.75) is 4.90 Å². The van der Waals surface area contributed by atoms with E-state index in [1.54, 1.807) is 0 Å². The zero-order chi connectivity index (χ0) is 15.6. The maximum Gasteiger partial charge on any atom is 0.291 e. The Morgan fingerprint density at radius 1 is 1.14 bits per heavy atom. The third-order valence-corrected chi connectivity index (χ3v) is 3.99. The number of nitrogens with two attached hydrogens (primary N) is 1. The summed E-state index contributed by atoms with van der Waals surface area (Å²) < 4.78 is 39.3. The Bertz CT molecular complexity index is 791. The third-order valence-electron chi connectivity index (χ3n) is 2.57. The number of nitro benzene ring substituents is 1. The Morgan fingerprint density at radius 3 is 2.33 bits per heavy atom. The van der Waals surface area contributed by atoms with Gasteiger partial charge in [0, 0.05) is 17.4 Å². The van der Waals surface area contributed by atoms with E-state index < -0.39 is 31.3 Å². The largest absolute Gasteiger partial charge is 0.399 e. The van der Waals surface area contributed by atoms with E-state index in [1.807, 2.05) is 0 Å². The van der Waals surface area contributed by atoms with Crippen LogP contribution in [0, 0.1) is 15.9 Å². The summed E-state index contributed by atoms with van der Waals surface area (Å²) >= 11 is 0. The maximum atomic E-state index is 12.8. The lowest BCUT2D eigenvalue weighted by molar-refractivity contribution is -0.387. The molecule has 0 saturated carbocycles. The molecule has 0 amide bonds. The number of anilines is 2. The predicted octanol–water partition coefficient (Wildman–Crippen LogP) is 2.12. The average Bonchev–Trinajstić information content (AvgIpc) is 2.40. The van der Waals surface area contributed by atoms with Crippen LogP contribution < -0.4 is 10.5 Å². The highest BCUT2D eigenvalue weighted by Crippen LogP contribution is 2.27. The van der Waals surface area contributed by atoms with E-state index in [-0.39, 0.29) is 11.4 Å². The molecule has 0 fully saturated rings. The smallest absolute Gasteiger partial charge is 0.291 e. The molecule has 0 aromatic heterocycles.